The second-order valence-electron chi connectivity index (χ2n) is 5.21. The first-order chi connectivity index (χ1) is 8.99. The lowest BCUT2D eigenvalue weighted by Crippen LogP contribution is -2.26. The third-order valence-electron chi connectivity index (χ3n) is 3.61. The van der Waals surface area contributed by atoms with E-state index in [1.54, 1.807) is 0 Å². The lowest BCUT2D eigenvalue weighted by molar-refractivity contribution is 0.0695. The van der Waals surface area contributed by atoms with Crippen molar-refractivity contribution in [2.45, 2.75) is 38.6 Å². The molecule has 1 aliphatic carbocycles. The third kappa shape index (κ3) is 3.26. The average molecular weight is 330 g/mol. The molecule has 0 aliphatic heterocycles. The van der Waals surface area contributed by atoms with Crippen molar-refractivity contribution < 1.29 is 14.3 Å². The molecule has 1 aliphatic rings. The minimum atomic E-state index is -1.14. The van der Waals surface area contributed by atoms with Crippen LogP contribution in [0.1, 0.15) is 43.0 Å². The highest BCUT2D eigenvalue weighted by Gasteiger charge is 2.21. The number of carbonyl (C=O) groups is 1. The number of rotatable bonds is 3. The molecule has 2 unspecified atom stereocenters. The van der Waals surface area contributed by atoms with Crippen LogP contribution in [0.5, 0.6) is 0 Å². The molecule has 3 nitrogen and oxygen atoms in total. The highest BCUT2D eigenvalue weighted by Crippen LogP contribution is 2.31. The summed E-state index contributed by atoms with van der Waals surface area (Å²) in [5, 5.41) is 12.1. The fourth-order valence-electron chi connectivity index (χ4n) is 2.61. The van der Waals surface area contributed by atoms with Crippen LogP contribution in [0, 0.1) is 11.7 Å². The summed E-state index contributed by atoms with van der Waals surface area (Å²) in [5.41, 5.74) is 0.316. The highest BCUT2D eigenvalue weighted by molar-refractivity contribution is 9.10. The summed E-state index contributed by atoms with van der Waals surface area (Å²) in [6, 6.07) is 3.19. The Hall–Kier alpha value is -1.10. The fraction of sp³-hybridized carbons (Fsp3) is 0.500. The van der Waals surface area contributed by atoms with Gasteiger partial charge in [0.05, 0.1) is 15.7 Å². The molecule has 0 amide bonds. The fourth-order valence-corrected chi connectivity index (χ4v) is 3.13. The van der Waals surface area contributed by atoms with Crippen LogP contribution in [-0.2, 0) is 0 Å². The number of carboxylic acid groups (broad SMARTS) is 1. The van der Waals surface area contributed by atoms with Gasteiger partial charge in [-0.25, -0.2) is 9.18 Å². The zero-order chi connectivity index (χ0) is 14.0. The van der Waals surface area contributed by atoms with E-state index in [1.165, 1.54) is 18.6 Å². The van der Waals surface area contributed by atoms with E-state index < -0.39 is 11.8 Å². The number of anilines is 1. The molecule has 5 heteroatoms. The van der Waals surface area contributed by atoms with Crippen molar-refractivity contribution in [3.05, 3.63) is 28.0 Å². The van der Waals surface area contributed by atoms with Crippen LogP contribution in [0.25, 0.3) is 0 Å². The Morgan fingerprint density at radius 1 is 1.47 bits per heavy atom. The first-order valence-corrected chi connectivity index (χ1v) is 7.26. The van der Waals surface area contributed by atoms with Gasteiger partial charge in [0.1, 0.15) is 0 Å². The van der Waals surface area contributed by atoms with Gasteiger partial charge in [-0.2, -0.15) is 0 Å². The lowest BCUT2D eigenvalue weighted by atomic mass is 9.87. The van der Waals surface area contributed by atoms with E-state index in [1.807, 2.05) is 0 Å². The minimum absolute atomic E-state index is 0.00820. The lowest BCUT2D eigenvalue weighted by Gasteiger charge is -2.28. The van der Waals surface area contributed by atoms with Gasteiger partial charge in [0.2, 0.25) is 0 Å². The molecule has 1 fully saturated rings. The molecular weight excluding hydrogens is 313 g/mol. The summed E-state index contributed by atoms with van der Waals surface area (Å²) in [6.45, 7) is 2.20. The molecule has 2 atom stereocenters. The van der Waals surface area contributed by atoms with Crippen LogP contribution in [0.2, 0.25) is 0 Å². The van der Waals surface area contributed by atoms with Crippen molar-refractivity contribution in [2.24, 2.45) is 5.92 Å². The Morgan fingerprint density at radius 2 is 2.21 bits per heavy atom. The maximum Gasteiger partial charge on any atom is 0.336 e. The van der Waals surface area contributed by atoms with Gasteiger partial charge in [-0.1, -0.05) is 19.8 Å². The van der Waals surface area contributed by atoms with E-state index in [-0.39, 0.29) is 16.1 Å². The summed E-state index contributed by atoms with van der Waals surface area (Å²) in [6.07, 6.45) is 4.43. The maximum atomic E-state index is 14.1. The Kier molecular flexibility index (Phi) is 4.45. The maximum absolute atomic E-state index is 14.1. The largest absolute Gasteiger partial charge is 0.478 e. The average Bonchev–Trinajstić information content (AvgIpc) is 2.35. The smallest absolute Gasteiger partial charge is 0.336 e. The second kappa shape index (κ2) is 5.90. The normalized spacial score (nSPS) is 23.1. The summed E-state index contributed by atoms with van der Waals surface area (Å²) in [5.74, 6) is -1.02. The summed E-state index contributed by atoms with van der Waals surface area (Å²) >= 11 is 3.01. The van der Waals surface area contributed by atoms with Gasteiger partial charge in [-0.15, -0.1) is 0 Å². The number of halogens is 2. The highest BCUT2D eigenvalue weighted by atomic mass is 79.9. The standard InChI is InChI=1S/C14H17BrFNO2/c1-8-3-2-4-9(7-8)17-11-6-5-10(14(18)19)12(15)13(11)16/h5-6,8-9,17H,2-4,7H2,1H3,(H,18,19). The van der Waals surface area contributed by atoms with Gasteiger partial charge in [0.15, 0.2) is 5.82 Å². The molecule has 19 heavy (non-hydrogen) atoms. The molecule has 2 N–H and O–H groups in total. The van der Waals surface area contributed by atoms with Crippen molar-refractivity contribution in [1.82, 2.24) is 0 Å². The number of hydrogen-bond acceptors (Lipinski definition) is 2. The first-order valence-electron chi connectivity index (χ1n) is 6.47. The molecule has 0 spiro atoms. The van der Waals surface area contributed by atoms with Gasteiger partial charge in [0.25, 0.3) is 0 Å². The molecule has 0 aromatic heterocycles. The van der Waals surface area contributed by atoms with Gasteiger partial charge in [-0.05, 0) is 46.8 Å². The Bertz CT molecular complexity index is 493. The third-order valence-corrected chi connectivity index (χ3v) is 4.38. The van der Waals surface area contributed by atoms with E-state index in [4.69, 9.17) is 5.11 Å². The van der Waals surface area contributed by atoms with Crippen LogP contribution in [0.15, 0.2) is 16.6 Å². The second-order valence-corrected chi connectivity index (χ2v) is 6.00. The van der Waals surface area contributed by atoms with Gasteiger partial charge in [0, 0.05) is 6.04 Å². The zero-order valence-electron chi connectivity index (χ0n) is 10.7. The number of aromatic carboxylic acids is 1. The quantitative estimate of drug-likeness (QED) is 0.870. The van der Waals surface area contributed by atoms with E-state index in [9.17, 15) is 9.18 Å². The molecule has 1 aromatic carbocycles. The minimum Gasteiger partial charge on any atom is -0.478 e. The topological polar surface area (TPSA) is 49.3 Å². The number of carboxylic acids is 1. The van der Waals surface area contributed by atoms with Crippen LogP contribution >= 0.6 is 15.9 Å². The zero-order valence-corrected chi connectivity index (χ0v) is 12.3. The molecule has 2 rings (SSSR count). The van der Waals surface area contributed by atoms with Crippen LogP contribution in [-0.4, -0.2) is 17.1 Å². The van der Waals surface area contributed by atoms with Crippen molar-refractivity contribution in [3.63, 3.8) is 0 Å². The van der Waals surface area contributed by atoms with E-state index in [0.29, 0.717) is 11.6 Å². The molecule has 0 bridgehead atoms. The van der Waals surface area contributed by atoms with E-state index in [2.05, 4.69) is 28.2 Å². The summed E-state index contributed by atoms with van der Waals surface area (Å²) in [7, 11) is 0. The predicted molar refractivity (Wildman–Crippen MR) is 76.1 cm³/mol. The monoisotopic (exact) mass is 329 g/mol. The van der Waals surface area contributed by atoms with E-state index >= 15 is 0 Å². The molecule has 104 valence electrons. The van der Waals surface area contributed by atoms with Gasteiger partial charge in [-0.3, -0.25) is 0 Å². The molecule has 0 radical (unpaired) electrons. The number of benzene rings is 1. The summed E-state index contributed by atoms with van der Waals surface area (Å²) < 4.78 is 14.1. The number of hydrogen-bond donors (Lipinski definition) is 2. The van der Waals surface area contributed by atoms with Crippen molar-refractivity contribution >= 4 is 27.6 Å². The van der Waals surface area contributed by atoms with Gasteiger partial charge < -0.3 is 10.4 Å². The molecule has 1 aromatic rings. The predicted octanol–water partition coefficient (Wildman–Crippen LogP) is 4.28. The van der Waals surface area contributed by atoms with Crippen LogP contribution in [0.4, 0.5) is 10.1 Å². The SMILES string of the molecule is CC1CCCC(Nc2ccc(C(=O)O)c(Br)c2F)C1. The molecular formula is C14H17BrFNO2. The van der Waals surface area contributed by atoms with Gasteiger partial charge >= 0.3 is 5.97 Å². The molecule has 1 saturated carbocycles. The number of nitrogens with one attached hydrogen (secondary N) is 1. The first kappa shape index (κ1) is 14.3. The van der Waals surface area contributed by atoms with E-state index in [0.717, 1.165) is 19.3 Å². The van der Waals surface area contributed by atoms with Crippen molar-refractivity contribution in [1.29, 1.82) is 0 Å². The Morgan fingerprint density at radius 3 is 2.84 bits per heavy atom. The van der Waals surface area contributed by atoms with Crippen molar-refractivity contribution in [3.8, 4) is 0 Å². The van der Waals surface area contributed by atoms with Crippen LogP contribution < -0.4 is 5.32 Å². The van der Waals surface area contributed by atoms with Crippen LogP contribution in [0.3, 0.4) is 0 Å². The molecule has 0 heterocycles. The Balaban J connectivity index is 2.17. The van der Waals surface area contributed by atoms with Crippen molar-refractivity contribution in [2.75, 3.05) is 5.32 Å². The summed E-state index contributed by atoms with van der Waals surface area (Å²) in [4.78, 5) is 10.9. The Labute approximate surface area is 120 Å². The molecule has 0 saturated heterocycles.